The topological polar surface area (TPSA) is 94.3 Å². The third kappa shape index (κ3) is 5.53. The molecule has 9 heteroatoms. The van der Waals surface area contributed by atoms with E-state index in [1.807, 2.05) is 0 Å². The first-order chi connectivity index (χ1) is 14.1. The minimum Gasteiger partial charge on any atom is -0.486 e. The Morgan fingerprint density at radius 1 is 1.20 bits per heavy atom. The van der Waals surface area contributed by atoms with E-state index in [0.717, 1.165) is 18.8 Å². The van der Waals surface area contributed by atoms with E-state index < -0.39 is 29.9 Å². The highest BCUT2D eigenvalue weighted by Gasteiger charge is 2.35. The second-order valence-corrected chi connectivity index (χ2v) is 8.53. The van der Waals surface area contributed by atoms with Gasteiger partial charge in [0, 0.05) is 37.8 Å². The van der Waals surface area contributed by atoms with Crippen molar-refractivity contribution in [3.05, 3.63) is 23.8 Å². The normalized spacial score (nSPS) is 22.5. The minimum atomic E-state index is -1.42. The standard InChI is InChI=1S/C21H30FN3O5/c1-21(2,3)30-20(27)25-7-6-17(16(22)13-25)29-18-12-14(4-5-15(18)19(23)26)24-8-10-28-11-9-24/h4-5,12,16-17H,6-11,13H2,1-3H3,(H2,23,26)/t16-,17+/m0/s1. The smallest absolute Gasteiger partial charge is 0.410 e. The van der Waals surface area contributed by atoms with Crippen LogP contribution in [0.1, 0.15) is 37.6 Å². The van der Waals surface area contributed by atoms with Crippen LogP contribution >= 0.6 is 0 Å². The van der Waals surface area contributed by atoms with Crippen LogP contribution in [0, 0.1) is 0 Å². The van der Waals surface area contributed by atoms with Gasteiger partial charge in [-0.25, -0.2) is 9.18 Å². The number of halogens is 1. The summed E-state index contributed by atoms with van der Waals surface area (Å²) in [7, 11) is 0. The lowest BCUT2D eigenvalue weighted by atomic mass is 10.1. The molecule has 166 valence electrons. The molecule has 0 spiro atoms. The van der Waals surface area contributed by atoms with Crippen LogP contribution in [-0.4, -0.2) is 74.2 Å². The SMILES string of the molecule is CC(C)(C)OC(=O)N1CC[C@@H](Oc2cc(N3CCOCC3)ccc2C(N)=O)[C@@H](F)C1. The molecule has 0 bridgehead atoms. The molecule has 1 aromatic carbocycles. The van der Waals surface area contributed by atoms with Crippen LogP contribution in [0.15, 0.2) is 18.2 Å². The number of rotatable bonds is 4. The highest BCUT2D eigenvalue weighted by Crippen LogP contribution is 2.30. The van der Waals surface area contributed by atoms with E-state index in [2.05, 4.69) is 4.90 Å². The first-order valence-corrected chi connectivity index (χ1v) is 10.2. The summed E-state index contributed by atoms with van der Waals surface area (Å²) in [6, 6.07) is 5.13. The third-order valence-electron chi connectivity index (χ3n) is 5.02. The van der Waals surface area contributed by atoms with Crippen molar-refractivity contribution in [2.75, 3.05) is 44.3 Å². The third-order valence-corrected chi connectivity index (χ3v) is 5.02. The van der Waals surface area contributed by atoms with Gasteiger partial charge in [-0.3, -0.25) is 4.79 Å². The number of hydrogen-bond acceptors (Lipinski definition) is 6. The Morgan fingerprint density at radius 2 is 1.90 bits per heavy atom. The van der Waals surface area contributed by atoms with Crippen molar-refractivity contribution in [3.8, 4) is 5.75 Å². The first-order valence-electron chi connectivity index (χ1n) is 10.2. The lowest BCUT2D eigenvalue weighted by molar-refractivity contribution is -0.0106. The summed E-state index contributed by atoms with van der Waals surface area (Å²) in [4.78, 5) is 27.5. The van der Waals surface area contributed by atoms with Gasteiger partial charge < -0.3 is 29.7 Å². The van der Waals surface area contributed by atoms with Gasteiger partial charge >= 0.3 is 6.09 Å². The van der Waals surface area contributed by atoms with Crippen molar-refractivity contribution in [2.24, 2.45) is 5.73 Å². The summed E-state index contributed by atoms with van der Waals surface area (Å²) in [6.07, 6.45) is -2.48. The Labute approximate surface area is 176 Å². The molecule has 2 amide bonds. The zero-order chi connectivity index (χ0) is 21.9. The number of nitrogens with zero attached hydrogens (tertiary/aromatic N) is 2. The molecule has 2 saturated heterocycles. The molecule has 0 unspecified atom stereocenters. The van der Waals surface area contributed by atoms with Crippen molar-refractivity contribution < 1.29 is 28.2 Å². The van der Waals surface area contributed by atoms with E-state index in [-0.39, 0.29) is 24.3 Å². The van der Waals surface area contributed by atoms with Gasteiger partial charge in [0.25, 0.3) is 5.91 Å². The van der Waals surface area contributed by atoms with Gasteiger partial charge in [-0.15, -0.1) is 0 Å². The number of benzene rings is 1. The second-order valence-electron chi connectivity index (χ2n) is 8.53. The molecule has 3 rings (SSSR count). The molecule has 0 aliphatic carbocycles. The highest BCUT2D eigenvalue weighted by molar-refractivity contribution is 5.96. The second kappa shape index (κ2) is 9.07. The number of piperidine rings is 1. The van der Waals surface area contributed by atoms with Crippen LogP contribution in [-0.2, 0) is 9.47 Å². The maximum Gasteiger partial charge on any atom is 0.410 e. The van der Waals surface area contributed by atoms with Gasteiger partial charge in [0.05, 0.1) is 25.3 Å². The van der Waals surface area contributed by atoms with Crippen LogP contribution in [0.3, 0.4) is 0 Å². The van der Waals surface area contributed by atoms with Crippen LogP contribution < -0.4 is 15.4 Å². The Morgan fingerprint density at radius 3 is 2.50 bits per heavy atom. The first kappa shape index (κ1) is 22.1. The number of anilines is 1. The average Bonchev–Trinajstić information content (AvgIpc) is 2.68. The molecular weight excluding hydrogens is 393 g/mol. The molecule has 8 nitrogen and oxygen atoms in total. The molecule has 2 atom stereocenters. The molecular formula is C21H30FN3O5. The highest BCUT2D eigenvalue weighted by atomic mass is 19.1. The van der Waals surface area contributed by atoms with Gasteiger partial charge in [0.1, 0.15) is 17.5 Å². The molecule has 30 heavy (non-hydrogen) atoms. The molecule has 1 aromatic rings. The fourth-order valence-corrected chi connectivity index (χ4v) is 3.50. The average molecular weight is 423 g/mol. The number of likely N-dealkylation sites (tertiary alicyclic amines) is 1. The molecule has 0 aromatic heterocycles. The number of ether oxygens (including phenoxy) is 3. The summed E-state index contributed by atoms with van der Waals surface area (Å²) in [6.45, 7) is 8.13. The molecule has 2 N–H and O–H groups in total. The maximum absolute atomic E-state index is 14.8. The zero-order valence-corrected chi connectivity index (χ0v) is 17.7. The summed E-state index contributed by atoms with van der Waals surface area (Å²) in [5.41, 5.74) is 5.91. The van der Waals surface area contributed by atoms with Crippen LogP contribution in [0.25, 0.3) is 0 Å². The van der Waals surface area contributed by atoms with Gasteiger partial charge in [-0.2, -0.15) is 0 Å². The number of morpholine rings is 1. The van der Waals surface area contributed by atoms with Gasteiger partial charge in [0.15, 0.2) is 6.17 Å². The predicted molar refractivity (Wildman–Crippen MR) is 110 cm³/mol. The van der Waals surface area contributed by atoms with E-state index >= 15 is 0 Å². The molecule has 2 fully saturated rings. The number of hydrogen-bond donors (Lipinski definition) is 1. The molecule has 2 aliphatic heterocycles. The molecule has 0 radical (unpaired) electrons. The van der Waals surface area contributed by atoms with Crippen molar-refractivity contribution in [3.63, 3.8) is 0 Å². The van der Waals surface area contributed by atoms with Gasteiger partial charge in [-0.05, 0) is 32.9 Å². The number of carbonyl (C=O) groups excluding carboxylic acids is 2. The number of alkyl halides is 1. The van der Waals surface area contributed by atoms with Gasteiger partial charge in [0.2, 0.25) is 0 Å². The Kier molecular flexibility index (Phi) is 6.70. The van der Waals surface area contributed by atoms with Crippen LogP contribution in [0.5, 0.6) is 5.75 Å². The van der Waals surface area contributed by atoms with E-state index in [9.17, 15) is 14.0 Å². The zero-order valence-electron chi connectivity index (χ0n) is 17.7. The van der Waals surface area contributed by atoms with E-state index in [0.29, 0.717) is 19.8 Å². The molecule has 2 heterocycles. The van der Waals surface area contributed by atoms with Gasteiger partial charge in [-0.1, -0.05) is 0 Å². The number of carbonyl (C=O) groups is 2. The fraction of sp³-hybridized carbons (Fsp3) is 0.619. The lowest BCUT2D eigenvalue weighted by Crippen LogP contribution is -2.50. The Bertz CT molecular complexity index is 776. The van der Waals surface area contributed by atoms with Crippen molar-refractivity contribution in [1.29, 1.82) is 0 Å². The Hall–Kier alpha value is -2.55. The van der Waals surface area contributed by atoms with Crippen molar-refractivity contribution in [2.45, 2.75) is 45.1 Å². The van der Waals surface area contributed by atoms with Crippen LogP contribution in [0.2, 0.25) is 0 Å². The molecule has 2 aliphatic rings. The lowest BCUT2D eigenvalue weighted by Gasteiger charge is -2.36. The Balaban J connectivity index is 1.70. The monoisotopic (exact) mass is 423 g/mol. The van der Waals surface area contributed by atoms with E-state index in [1.54, 1.807) is 39.0 Å². The van der Waals surface area contributed by atoms with Crippen molar-refractivity contribution in [1.82, 2.24) is 4.90 Å². The number of amides is 2. The quantitative estimate of drug-likeness (QED) is 0.799. The summed E-state index contributed by atoms with van der Waals surface area (Å²) in [5.74, 6) is -0.384. The fourth-order valence-electron chi connectivity index (χ4n) is 3.50. The van der Waals surface area contributed by atoms with E-state index in [1.165, 1.54) is 4.90 Å². The minimum absolute atomic E-state index is 0.130. The largest absolute Gasteiger partial charge is 0.486 e. The summed E-state index contributed by atoms with van der Waals surface area (Å²) in [5, 5.41) is 0. The van der Waals surface area contributed by atoms with Crippen molar-refractivity contribution >= 4 is 17.7 Å². The maximum atomic E-state index is 14.8. The predicted octanol–water partition coefficient (Wildman–Crippen LogP) is 2.35. The van der Waals surface area contributed by atoms with Crippen LogP contribution in [0.4, 0.5) is 14.9 Å². The van der Waals surface area contributed by atoms with E-state index in [4.69, 9.17) is 19.9 Å². The number of primary amides is 1. The molecule has 0 saturated carbocycles. The summed E-state index contributed by atoms with van der Waals surface area (Å²) < 4.78 is 31.4. The number of nitrogens with two attached hydrogens (primary N) is 1. The summed E-state index contributed by atoms with van der Waals surface area (Å²) >= 11 is 0.